The summed E-state index contributed by atoms with van der Waals surface area (Å²) < 4.78 is 0. The molecule has 0 saturated heterocycles. The largest absolute Gasteiger partial charge is 0.228 e. The smallest absolute Gasteiger partial charge is 0.182 e. The molecule has 0 aliphatic rings. The molecule has 11 rings (SSSR count). The maximum Gasteiger partial charge on any atom is 0.182 e. The maximum absolute atomic E-state index is 5.19. The first-order chi connectivity index (χ1) is 31.7. The van der Waals surface area contributed by atoms with E-state index in [1.807, 2.05) is 121 Å². The van der Waals surface area contributed by atoms with Gasteiger partial charge in [-0.15, -0.1) is 0 Å². The van der Waals surface area contributed by atoms with Gasteiger partial charge in [0.2, 0.25) is 0 Å². The first-order valence-electron chi connectivity index (χ1n) is 21.1. The Labute approximate surface area is 370 Å². The molecule has 0 radical (unpaired) electrons. The van der Waals surface area contributed by atoms with Crippen LogP contribution < -0.4 is 0 Å². The van der Waals surface area contributed by atoms with E-state index in [9.17, 15) is 0 Å². The van der Waals surface area contributed by atoms with Crippen LogP contribution in [0, 0.1) is 0 Å². The van der Waals surface area contributed by atoms with E-state index >= 15 is 0 Å². The predicted octanol–water partition coefficient (Wildman–Crippen LogP) is 13.6. The minimum Gasteiger partial charge on any atom is -0.228 e. The third kappa shape index (κ3) is 7.81. The van der Waals surface area contributed by atoms with Crippen LogP contribution in [0.3, 0.4) is 0 Å². The molecule has 0 aliphatic carbocycles. The van der Waals surface area contributed by atoms with Crippen molar-refractivity contribution < 1.29 is 0 Å². The summed E-state index contributed by atoms with van der Waals surface area (Å²) in [6, 6.07) is 75.9. The van der Waals surface area contributed by atoms with Gasteiger partial charge in [0.1, 0.15) is 5.69 Å². The highest BCUT2D eigenvalue weighted by Gasteiger charge is 2.18. The third-order valence-corrected chi connectivity index (χ3v) is 11.2. The second-order valence-corrected chi connectivity index (χ2v) is 15.4. The van der Waals surface area contributed by atoms with Crippen LogP contribution in [-0.4, -0.2) is 34.9 Å². The highest BCUT2D eigenvalue weighted by molar-refractivity contribution is 5.94. The van der Waals surface area contributed by atoms with E-state index in [0.717, 1.165) is 77.9 Å². The van der Waals surface area contributed by atoms with Crippen molar-refractivity contribution in [3.05, 3.63) is 224 Å². The standard InChI is InChI=1S/C57H37N7/c1-5-16-38(17-6-1)40-28-32-44(33-29-40)53-59-50(47-25-15-24-46(36-47)39-18-7-2-8-19-39)37-51(60-53)57-63-55(43-22-11-4-12-23-43)62-56(64-57)45-34-30-41(31-35-45)52-48-26-13-14-27-49(48)58-54(61-52)42-20-9-3-10-21-42/h1-37H. The molecule has 0 fully saturated rings. The van der Waals surface area contributed by atoms with Crippen molar-refractivity contribution in [2.24, 2.45) is 0 Å². The minimum atomic E-state index is 0.437. The van der Waals surface area contributed by atoms with Crippen LogP contribution in [-0.2, 0) is 0 Å². The Balaban J connectivity index is 1.04. The Kier molecular flexibility index (Phi) is 10.1. The van der Waals surface area contributed by atoms with Crippen LogP contribution >= 0.6 is 0 Å². The minimum absolute atomic E-state index is 0.437. The Bertz CT molecular complexity index is 3400. The van der Waals surface area contributed by atoms with Gasteiger partial charge in [0, 0.05) is 38.8 Å². The number of hydrogen-bond acceptors (Lipinski definition) is 7. The molecule has 8 aromatic carbocycles. The van der Waals surface area contributed by atoms with Crippen LogP contribution in [0.5, 0.6) is 0 Å². The normalized spacial score (nSPS) is 11.1. The Hall–Kier alpha value is -8.81. The first-order valence-corrected chi connectivity index (χ1v) is 21.1. The van der Waals surface area contributed by atoms with Crippen molar-refractivity contribution in [2.75, 3.05) is 0 Å². The average molecular weight is 820 g/mol. The van der Waals surface area contributed by atoms with Gasteiger partial charge in [0.15, 0.2) is 29.1 Å². The zero-order valence-electron chi connectivity index (χ0n) is 34.5. The summed E-state index contributed by atoms with van der Waals surface area (Å²) in [5, 5.41) is 0.975. The van der Waals surface area contributed by atoms with Gasteiger partial charge in [-0.3, -0.25) is 0 Å². The van der Waals surface area contributed by atoms with Crippen LogP contribution in [0.15, 0.2) is 224 Å². The highest BCUT2D eigenvalue weighted by Crippen LogP contribution is 2.34. The summed E-state index contributed by atoms with van der Waals surface area (Å²) in [4.78, 5) is 35.7. The molecule has 11 aromatic rings. The number of nitrogens with zero attached hydrogens (tertiary/aromatic N) is 7. The predicted molar refractivity (Wildman–Crippen MR) is 257 cm³/mol. The van der Waals surface area contributed by atoms with Gasteiger partial charge in [-0.25, -0.2) is 34.9 Å². The van der Waals surface area contributed by atoms with Gasteiger partial charge in [0.05, 0.1) is 16.9 Å². The lowest BCUT2D eigenvalue weighted by atomic mass is 10.0. The molecule has 300 valence electrons. The molecule has 0 N–H and O–H groups in total. The van der Waals surface area contributed by atoms with E-state index in [4.69, 9.17) is 34.9 Å². The first kappa shape index (κ1) is 38.1. The fraction of sp³-hybridized carbons (Fsp3) is 0. The van der Waals surface area contributed by atoms with Gasteiger partial charge < -0.3 is 0 Å². The lowest BCUT2D eigenvalue weighted by molar-refractivity contribution is 1.05. The molecule has 0 unspecified atom stereocenters. The number of fused-ring (bicyclic) bond motifs is 1. The lowest BCUT2D eigenvalue weighted by Gasteiger charge is -2.12. The van der Waals surface area contributed by atoms with Crippen LogP contribution in [0.1, 0.15) is 0 Å². The summed E-state index contributed by atoms with van der Waals surface area (Å²) in [6.07, 6.45) is 0. The van der Waals surface area contributed by atoms with Crippen molar-refractivity contribution in [3.8, 4) is 102 Å². The molecule has 3 aromatic heterocycles. The molecule has 0 atom stereocenters. The van der Waals surface area contributed by atoms with Crippen molar-refractivity contribution >= 4 is 10.9 Å². The van der Waals surface area contributed by atoms with Gasteiger partial charge in [-0.2, -0.15) is 0 Å². The second-order valence-electron chi connectivity index (χ2n) is 15.4. The zero-order chi connectivity index (χ0) is 42.7. The quantitative estimate of drug-likeness (QED) is 0.143. The molecular weight excluding hydrogens is 783 g/mol. The molecular formula is C57H37N7. The topological polar surface area (TPSA) is 90.2 Å². The van der Waals surface area contributed by atoms with Crippen LogP contribution in [0.25, 0.3) is 113 Å². The van der Waals surface area contributed by atoms with Gasteiger partial charge in [-0.1, -0.05) is 206 Å². The zero-order valence-corrected chi connectivity index (χ0v) is 34.5. The van der Waals surface area contributed by atoms with Crippen LogP contribution in [0.2, 0.25) is 0 Å². The second kappa shape index (κ2) is 16.9. The Morgan fingerprint density at radius 3 is 1.20 bits per heavy atom. The number of rotatable bonds is 9. The SMILES string of the molecule is c1ccc(-c2ccc(-c3nc(-c4cccc(-c5ccccc5)c4)cc(-c4nc(-c5ccccc5)nc(-c5ccc(-c6nc(-c7ccccc7)nc7ccccc67)cc5)n4)n3)cc2)cc1. The number of para-hydroxylation sites is 1. The van der Waals surface area contributed by atoms with E-state index in [2.05, 4.69) is 103 Å². The molecule has 0 amide bonds. The fourth-order valence-corrected chi connectivity index (χ4v) is 7.90. The number of benzene rings is 8. The highest BCUT2D eigenvalue weighted by atomic mass is 15.1. The molecule has 3 heterocycles. The van der Waals surface area contributed by atoms with Crippen molar-refractivity contribution in [3.63, 3.8) is 0 Å². The molecule has 0 spiro atoms. The Morgan fingerprint density at radius 1 is 0.203 bits per heavy atom. The van der Waals surface area contributed by atoms with Gasteiger partial charge >= 0.3 is 0 Å². The maximum atomic E-state index is 5.19. The molecule has 7 nitrogen and oxygen atoms in total. The summed E-state index contributed by atoms with van der Waals surface area (Å²) in [5.41, 5.74) is 13.0. The van der Waals surface area contributed by atoms with Gasteiger partial charge in [-0.05, 0) is 40.5 Å². The molecule has 64 heavy (non-hydrogen) atoms. The van der Waals surface area contributed by atoms with E-state index in [1.165, 1.54) is 0 Å². The summed E-state index contributed by atoms with van der Waals surface area (Å²) >= 11 is 0. The van der Waals surface area contributed by atoms with E-state index in [1.54, 1.807) is 0 Å². The summed E-state index contributed by atoms with van der Waals surface area (Å²) in [7, 11) is 0. The van der Waals surface area contributed by atoms with Crippen molar-refractivity contribution in [2.45, 2.75) is 0 Å². The average Bonchev–Trinajstić information content (AvgIpc) is 3.39. The molecule has 7 heteroatoms. The number of aromatic nitrogens is 7. The summed E-state index contributed by atoms with van der Waals surface area (Å²) in [6.45, 7) is 0. The van der Waals surface area contributed by atoms with E-state index in [-0.39, 0.29) is 0 Å². The van der Waals surface area contributed by atoms with Gasteiger partial charge in [0.25, 0.3) is 0 Å². The fourth-order valence-electron chi connectivity index (χ4n) is 7.90. The third-order valence-electron chi connectivity index (χ3n) is 11.2. The lowest BCUT2D eigenvalue weighted by Crippen LogP contribution is -2.03. The molecule has 0 aliphatic heterocycles. The summed E-state index contributed by atoms with van der Waals surface area (Å²) in [5.74, 6) is 2.74. The van der Waals surface area contributed by atoms with Crippen molar-refractivity contribution in [1.82, 2.24) is 34.9 Å². The Morgan fingerprint density at radius 2 is 0.594 bits per heavy atom. The van der Waals surface area contributed by atoms with E-state index < -0.39 is 0 Å². The van der Waals surface area contributed by atoms with E-state index in [0.29, 0.717) is 34.8 Å². The monoisotopic (exact) mass is 819 g/mol. The molecule has 0 saturated carbocycles. The van der Waals surface area contributed by atoms with Crippen molar-refractivity contribution in [1.29, 1.82) is 0 Å². The number of hydrogen-bond donors (Lipinski definition) is 0. The molecule has 0 bridgehead atoms. The van der Waals surface area contributed by atoms with Crippen LogP contribution in [0.4, 0.5) is 0 Å².